The van der Waals surface area contributed by atoms with Crippen molar-refractivity contribution in [3.05, 3.63) is 48.6 Å². The summed E-state index contributed by atoms with van der Waals surface area (Å²) < 4.78 is 34.1. The second-order valence-electron chi connectivity index (χ2n) is 16.6. The first-order chi connectivity index (χ1) is 30.1. The fourth-order valence-electron chi connectivity index (χ4n) is 7.22. The molecule has 0 aliphatic carbocycles. The van der Waals surface area contributed by atoms with Gasteiger partial charge in [0.2, 0.25) is 0 Å². The van der Waals surface area contributed by atoms with Crippen molar-refractivity contribution in [3.63, 3.8) is 0 Å². The lowest BCUT2D eigenvalue weighted by Gasteiger charge is -2.42. The Morgan fingerprint density at radius 1 is 0.548 bits per heavy atom. The first-order valence-corrected chi connectivity index (χ1v) is 23.7. The van der Waals surface area contributed by atoms with E-state index in [9.17, 15) is 40.5 Å². The number of carbonyl (C=O) groups is 1. The van der Waals surface area contributed by atoms with Crippen LogP contribution in [-0.2, 0) is 33.2 Å². The van der Waals surface area contributed by atoms with Crippen LogP contribution in [0, 0.1) is 0 Å². The van der Waals surface area contributed by atoms with Gasteiger partial charge in [-0.25, -0.2) is 0 Å². The minimum atomic E-state index is -1.71. The smallest absolute Gasteiger partial charge is 0.306 e. The molecule has 0 saturated carbocycles. The van der Waals surface area contributed by atoms with Gasteiger partial charge in [0, 0.05) is 13.0 Å². The van der Waals surface area contributed by atoms with Crippen LogP contribution in [0.5, 0.6) is 0 Å². The number of hydrogen-bond donors (Lipinski definition) is 7. The number of aliphatic hydroxyl groups excluding tert-OH is 7. The lowest BCUT2D eigenvalue weighted by Crippen LogP contribution is -2.61. The normalized spacial score (nSPS) is 27.6. The van der Waals surface area contributed by atoms with Crippen molar-refractivity contribution < 1.29 is 69.0 Å². The van der Waals surface area contributed by atoms with Gasteiger partial charge in [-0.2, -0.15) is 0 Å². The molecule has 0 aromatic carbocycles. The summed E-state index contributed by atoms with van der Waals surface area (Å²) in [5.41, 5.74) is 0. The predicted octanol–water partition coefficient (Wildman–Crippen LogP) is 6.01. The van der Waals surface area contributed by atoms with E-state index in [1.54, 1.807) is 0 Å². The number of aliphatic hydroxyl groups is 7. The third kappa shape index (κ3) is 24.3. The zero-order chi connectivity index (χ0) is 45.2. The molecule has 7 N–H and O–H groups in total. The highest BCUT2D eigenvalue weighted by molar-refractivity contribution is 5.69. The Kier molecular flexibility index (Phi) is 32.7. The second kappa shape index (κ2) is 36.2. The molecule has 0 amide bonds. The summed E-state index contributed by atoms with van der Waals surface area (Å²) in [6.07, 6.45) is 23.3. The standard InChI is InChI=1S/C48H84O14/c1-3-5-7-9-11-13-15-16-17-18-19-20-21-22-24-26-28-30-32-57-34-37(60-40(50)31-29-27-25-23-14-12-10-8-6-4-2)35-58-47-46(56)44(54)42(52)39(62-47)36-59-48-45(55)43(53)41(51)38(33-49)61-48/h5,7,11,13,16-17,19-20,37-39,41-49,51-56H,3-4,6,8-10,12,14-15,18,21-36H2,1-2H3/b7-5-,13-11-,17-16-,20-19-. The van der Waals surface area contributed by atoms with E-state index in [1.165, 1.54) is 38.5 Å². The van der Waals surface area contributed by atoms with E-state index in [2.05, 4.69) is 62.5 Å². The van der Waals surface area contributed by atoms with Crippen molar-refractivity contribution in [1.82, 2.24) is 0 Å². The Labute approximate surface area is 372 Å². The van der Waals surface area contributed by atoms with Crippen molar-refractivity contribution in [2.24, 2.45) is 0 Å². The fraction of sp³-hybridized carbons (Fsp3) is 0.812. The third-order valence-corrected chi connectivity index (χ3v) is 11.1. The van der Waals surface area contributed by atoms with Gasteiger partial charge in [-0.3, -0.25) is 4.79 Å². The van der Waals surface area contributed by atoms with Crippen LogP contribution < -0.4 is 0 Å². The Morgan fingerprint density at radius 3 is 1.65 bits per heavy atom. The van der Waals surface area contributed by atoms with Gasteiger partial charge in [0.25, 0.3) is 0 Å². The van der Waals surface area contributed by atoms with Gasteiger partial charge in [-0.15, -0.1) is 0 Å². The van der Waals surface area contributed by atoms with Crippen molar-refractivity contribution in [2.75, 3.05) is 33.0 Å². The molecule has 2 aliphatic heterocycles. The van der Waals surface area contributed by atoms with E-state index in [0.29, 0.717) is 13.0 Å². The summed E-state index contributed by atoms with van der Waals surface area (Å²) in [6.45, 7) is 3.49. The molecule has 2 aliphatic rings. The lowest BCUT2D eigenvalue weighted by atomic mass is 9.98. The third-order valence-electron chi connectivity index (χ3n) is 11.1. The molecule has 2 saturated heterocycles. The van der Waals surface area contributed by atoms with E-state index in [0.717, 1.165) is 83.5 Å². The molecule has 2 fully saturated rings. The second-order valence-corrected chi connectivity index (χ2v) is 16.6. The molecular weight excluding hydrogens is 801 g/mol. The summed E-state index contributed by atoms with van der Waals surface area (Å²) in [5.74, 6) is -0.388. The first-order valence-electron chi connectivity index (χ1n) is 23.7. The SMILES string of the molecule is CC/C=C\C/C=C\C/C=C\C/C=C\CCCCCCCOCC(COC1OC(COC2OC(CO)C(O)C(O)C2O)C(O)C(O)C1O)OC(=O)CCCCCCCCCCCC. The van der Waals surface area contributed by atoms with Crippen LogP contribution in [0.3, 0.4) is 0 Å². The lowest BCUT2D eigenvalue weighted by molar-refractivity contribution is -0.332. The van der Waals surface area contributed by atoms with Crippen LogP contribution in [-0.4, -0.2) is 142 Å². The van der Waals surface area contributed by atoms with Gasteiger partial charge >= 0.3 is 5.97 Å². The quantitative estimate of drug-likeness (QED) is 0.0218. The highest BCUT2D eigenvalue weighted by Crippen LogP contribution is 2.26. The average Bonchev–Trinajstić information content (AvgIpc) is 3.27. The minimum Gasteiger partial charge on any atom is -0.457 e. The summed E-state index contributed by atoms with van der Waals surface area (Å²) >= 11 is 0. The summed E-state index contributed by atoms with van der Waals surface area (Å²) in [4.78, 5) is 12.9. The Bertz CT molecular complexity index is 1210. The molecule has 62 heavy (non-hydrogen) atoms. The van der Waals surface area contributed by atoms with Crippen molar-refractivity contribution >= 4 is 5.97 Å². The van der Waals surface area contributed by atoms with Gasteiger partial charge in [-0.05, 0) is 51.4 Å². The van der Waals surface area contributed by atoms with Gasteiger partial charge in [0.05, 0.1) is 26.4 Å². The van der Waals surface area contributed by atoms with Gasteiger partial charge in [-0.1, -0.05) is 140 Å². The van der Waals surface area contributed by atoms with Gasteiger partial charge < -0.3 is 64.2 Å². The maximum atomic E-state index is 12.9. The average molecular weight is 885 g/mol. The number of unbranched alkanes of at least 4 members (excludes halogenated alkanes) is 14. The molecule has 0 spiro atoms. The molecule has 11 atom stereocenters. The van der Waals surface area contributed by atoms with E-state index >= 15 is 0 Å². The molecule has 2 heterocycles. The number of carbonyl (C=O) groups excluding carboxylic acids is 1. The van der Waals surface area contributed by atoms with Crippen LogP contribution in [0.1, 0.15) is 149 Å². The Balaban J connectivity index is 1.79. The number of esters is 1. The first kappa shape index (κ1) is 56.1. The minimum absolute atomic E-state index is 0.0489. The molecule has 0 aromatic heterocycles. The van der Waals surface area contributed by atoms with E-state index in [1.807, 2.05) is 0 Å². The van der Waals surface area contributed by atoms with Crippen LogP contribution in [0.4, 0.5) is 0 Å². The van der Waals surface area contributed by atoms with Gasteiger partial charge in [0.1, 0.15) is 54.9 Å². The molecule has 14 heteroatoms. The van der Waals surface area contributed by atoms with E-state index < -0.39 is 80.7 Å². The number of hydrogen-bond acceptors (Lipinski definition) is 14. The topological polar surface area (TPSA) is 214 Å². The molecule has 11 unspecified atom stereocenters. The largest absolute Gasteiger partial charge is 0.457 e. The van der Waals surface area contributed by atoms with Crippen LogP contribution in [0.25, 0.3) is 0 Å². The number of rotatable bonds is 36. The van der Waals surface area contributed by atoms with E-state index in [4.69, 9.17) is 28.4 Å². The summed E-state index contributed by atoms with van der Waals surface area (Å²) in [6, 6.07) is 0. The summed E-state index contributed by atoms with van der Waals surface area (Å²) in [5, 5.41) is 71.9. The highest BCUT2D eigenvalue weighted by atomic mass is 16.7. The van der Waals surface area contributed by atoms with Crippen molar-refractivity contribution in [1.29, 1.82) is 0 Å². The zero-order valence-electron chi connectivity index (χ0n) is 37.8. The fourth-order valence-corrected chi connectivity index (χ4v) is 7.22. The highest BCUT2D eigenvalue weighted by Gasteiger charge is 2.47. The number of allylic oxidation sites excluding steroid dienone is 8. The van der Waals surface area contributed by atoms with Crippen LogP contribution >= 0.6 is 0 Å². The van der Waals surface area contributed by atoms with Gasteiger partial charge in [0.15, 0.2) is 12.6 Å². The monoisotopic (exact) mass is 885 g/mol. The number of ether oxygens (including phenoxy) is 6. The molecule has 360 valence electrons. The molecule has 14 nitrogen and oxygen atoms in total. The predicted molar refractivity (Wildman–Crippen MR) is 238 cm³/mol. The van der Waals surface area contributed by atoms with Crippen LogP contribution in [0.2, 0.25) is 0 Å². The van der Waals surface area contributed by atoms with E-state index in [-0.39, 0.29) is 25.6 Å². The Hall–Kier alpha value is -2.05. The molecule has 2 rings (SSSR count). The van der Waals surface area contributed by atoms with Crippen LogP contribution in [0.15, 0.2) is 48.6 Å². The van der Waals surface area contributed by atoms with Crippen molar-refractivity contribution in [2.45, 2.75) is 216 Å². The molecule has 0 radical (unpaired) electrons. The summed E-state index contributed by atoms with van der Waals surface area (Å²) in [7, 11) is 0. The maximum absolute atomic E-state index is 12.9. The molecule has 0 aromatic rings. The molecular formula is C48H84O14. The van der Waals surface area contributed by atoms with Crippen molar-refractivity contribution in [3.8, 4) is 0 Å². The Morgan fingerprint density at radius 2 is 1.05 bits per heavy atom. The molecule has 0 bridgehead atoms. The maximum Gasteiger partial charge on any atom is 0.306 e. The zero-order valence-corrected chi connectivity index (χ0v) is 37.8.